The molecule has 0 unspecified atom stereocenters. The minimum Gasteiger partial charge on any atom is -0.493 e. The van der Waals surface area contributed by atoms with Crippen LogP contribution in [0.4, 0.5) is 0 Å². The minimum absolute atomic E-state index is 0.198. The fourth-order valence-corrected chi connectivity index (χ4v) is 4.10. The summed E-state index contributed by atoms with van der Waals surface area (Å²) < 4.78 is 34.6. The van der Waals surface area contributed by atoms with Gasteiger partial charge in [-0.15, -0.1) is 0 Å². The van der Waals surface area contributed by atoms with Crippen molar-refractivity contribution in [3.63, 3.8) is 0 Å². The molecule has 0 aliphatic carbocycles. The SMILES string of the molecule is CCOP(=O)(Cc1ccc(OCc2ccccc2)c(OC)c1)OCC. The van der Waals surface area contributed by atoms with Gasteiger partial charge in [0.1, 0.15) is 6.61 Å². The molecule has 2 aromatic carbocycles. The van der Waals surface area contributed by atoms with E-state index < -0.39 is 7.60 Å². The lowest BCUT2D eigenvalue weighted by Gasteiger charge is -2.18. The Balaban J connectivity index is 2.11. The molecule has 0 spiro atoms. The van der Waals surface area contributed by atoms with Gasteiger partial charge in [0.05, 0.1) is 26.5 Å². The Bertz CT molecular complexity index is 692. The summed E-state index contributed by atoms with van der Waals surface area (Å²) in [5.41, 5.74) is 1.89. The quantitative estimate of drug-likeness (QED) is 0.553. The van der Waals surface area contributed by atoms with Gasteiger partial charge in [-0.05, 0) is 37.1 Å². The standard InChI is InChI=1S/C19H25O5P/c1-4-23-25(20,24-5-2)15-17-11-12-18(19(13-17)21-3)22-14-16-9-7-6-8-10-16/h6-13H,4-5,14-15H2,1-3H3. The Labute approximate surface area is 149 Å². The Kier molecular flexibility index (Phi) is 7.51. The molecule has 0 heterocycles. The van der Waals surface area contributed by atoms with Crippen molar-refractivity contribution in [3.8, 4) is 11.5 Å². The monoisotopic (exact) mass is 364 g/mol. The summed E-state index contributed by atoms with van der Waals surface area (Å²) in [5.74, 6) is 1.23. The van der Waals surface area contributed by atoms with Crippen LogP contribution in [-0.4, -0.2) is 20.3 Å². The van der Waals surface area contributed by atoms with Gasteiger partial charge in [-0.25, -0.2) is 0 Å². The molecule has 136 valence electrons. The van der Waals surface area contributed by atoms with E-state index in [1.807, 2.05) is 48.5 Å². The Morgan fingerprint density at radius 1 is 0.880 bits per heavy atom. The maximum absolute atomic E-state index is 12.7. The van der Waals surface area contributed by atoms with Gasteiger partial charge in [0.15, 0.2) is 11.5 Å². The lowest BCUT2D eigenvalue weighted by Crippen LogP contribution is -2.01. The van der Waals surface area contributed by atoms with Crippen LogP contribution in [0.5, 0.6) is 11.5 Å². The van der Waals surface area contributed by atoms with Gasteiger partial charge < -0.3 is 18.5 Å². The van der Waals surface area contributed by atoms with Gasteiger partial charge in [-0.3, -0.25) is 4.57 Å². The van der Waals surface area contributed by atoms with Crippen LogP contribution in [0.1, 0.15) is 25.0 Å². The molecule has 0 aliphatic rings. The van der Waals surface area contributed by atoms with Gasteiger partial charge in [-0.1, -0.05) is 36.4 Å². The zero-order chi connectivity index (χ0) is 18.1. The molecule has 0 saturated heterocycles. The lowest BCUT2D eigenvalue weighted by atomic mass is 10.2. The van der Waals surface area contributed by atoms with Crippen LogP contribution in [0.2, 0.25) is 0 Å². The molecule has 2 aromatic rings. The fourth-order valence-electron chi connectivity index (χ4n) is 2.41. The third-order valence-electron chi connectivity index (χ3n) is 3.49. The molecule has 0 bridgehead atoms. The van der Waals surface area contributed by atoms with Crippen molar-refractivity contribution in [2.45, 2.75) is 26.6 Å². The van der Waals surface area contributed by atoms with E-state index in [4.69, 9.17) is 18.5 Å². The third kappa shape index (κ3) is 5.89. The lowest BCUT2D eigenvalue weighted by molar-refractivity contribution is 0.219. The molecule has 0 N–H and O–H groups in total. The average Bonchev–Trinajstić information content (AvgIpc) is 2.61. The topological polar surface area (TPSA) is 54.0 Å². The van der Waals surface area contributed by atoms with E-state index in [9.17, 15) is 4.57 Å². The highest BCUT2D eigenvalue weighted by atomic mass is 31.2. The maximum Gasteiger partial charge on any atom is 0.335 e. The van der Waals surface area contributed by atoms with E-state index in [1.165, 1.54) is 0 Å². The van der Waals surface area contributed by atoms with E-state index in [0.717, 1.165) is 11.1 Å². The van der Waals surface area contributed by atoms with Crippen LogP contribution in [0.3, 0.4) is 0 Å². The fraction of sp³-hybridized carbons (Fsp3) is 0.368. The second-order valence-corrected chi connectivity index (χ2v) is 7.42. The predicted octanol–water partition coefficient (Wildman–Crippen LogP) is 5.04. The van der Waals surface area contributed by atoms with E-state index in [2.05, 4.69) is 0 Å². The van der Waals surface area contributed by atoms with Gasteiger partial charge in [-0.2, -0.15) is 0 Å². The molecule has 0 radical (unpaired) electrons. The normalized spacial score (nSPS) is 11.3. The molecule has 0 atom stereocenters. The summed E-state index contributed by atoms with van der Waals surface area (Å²) in [6, 6.07) is 15.4. The van der Waals surface area contributed by atoms with Crippen LogP contribution < -0.4 is 9.47 Å². The van der Waals surface area contributed by atoms with Crippen LogP contribution in [0.25, 0.3) is 0 Å². The molecular formula is C19H25O5P. The highest BCUT2D eigenvalue weighted by Crippen LogP contribution is 2.51. The first-order chi connectivity index (χ1) is 12.1. The smallest absolute Gasteiger partial charge is 0.335 e. The summed E-state index contributed by atoms with van der Waals surface area (Å²) in [6.07, 6.45) is 0.198. The van der Waals surface area contributed by atoms with Crippen LogP contribution >= 0.6 is 7.60 Å². The van der Waals surface area contributed by atoms with Crippen molar-refractivity contribution in [1.82, 2.24) is 0 Å². The van der Waals surface area contributed by atoms with Crippen molar-refractivity contribution in [2.24, 2.45) is 0 Å². The van der Waals surface area contributed by atoms with E-state index in [0.29, 0.717) is 31.3 Å². The maximum atomic E-state index is 12.7. The number of ether oxygens (including phenoxy) is 2. The third-order valence-corrected chi connectivity index (χ3v) is 5.55. The van der Waals surface area contributed by atoms with Crippen molar-refractivity contribution in [3.05, 3.63) is 59.7 Å². The molecule has 0 aliphatic heterocycles. The number of methoxy groups -OCH3 is 1. The van der Waals surface area contributed by atoms with Crippen LogP contribution in [0, 0.1) is 0 Å². The molecule has 6 heteroatoms. The molecule has 0 saturated carbocycles. The van der Waals surface area contributed by atoms with Crippen LogP contribution in [0.15, 0.2) is 48.5 Å². The Hall–Kier alpha value is -1.81. The summed E-state index contributed by atoms with van der Waals surface area (Å²) >= 11 is 0. The first kappa shape index (κ1) is 19.5. The van der Waals surface area contributed by atoms with E-state index in [-0.39, 0.29) is 6.16 Å². The zero-order valence-electron chi connectivity index (χ0n) is 14.9. The molecule has 2 rings (SSSR count). The van der Waals surface area contributed by atoms with Crippen LogP contribution in [-0.2, 0) is 26.4 Å². The zero-order valence-corrected chi connectivity index (χ0v) is 15.8. The highest BCUT2D eigenvalue weighted by molar-refractivity contribution is 7.53. The molecule has 0 amide bonds. The minimum atomic E-state index is -3.15. The molecule has 0 aromatic heterocycles. The number of rotatable bonds is 10. The summed E-state index contributed by atoms with van der Waals surface area (Å²) in [7, 11) is -1.56. The molecule has 25 heavy (non-hydrogen) atoms. The number of hydrogen-bond donors (Lipinski definition) is 0. The highest BCUT2D eigenvalue weighted by Gasteiger charge is 2.24. The van der Waals surface area contributed by atoms with Gasteiger partial charge in [0.25, 0.3) is 0 Å². The second-order valence-electron chi connectivity index (χ2n) is 5.36. The molecular weight excluding hydrogens is 339 g/mol. The molecule has 0 fully saturated rings. The van der Waals surface area contributed by atoms with Crippen molar-refractivity contribution >= 4 is 7.60 Å². The van der Waals surface area contributed by atoms with E-state index in [1.54, 1.807) is 21.0 Å². The van der Waals surface area contributed by atoms with Gasteiger partial charge in [0, 0.05) is 0 Å². The first-order valence-electron chi connectivity index (χ1n) is 8.32. The summed E-state index contributed by atoms with van der Waals surface area (Å²) in [6.45, 7) is 4.73. The van der Waals surface area contributed by atoms with Crippen molar-refractivity contribution in [2.75, 3.05) is 20.3 Å². The van der Waals surface area contributed by atoms with Gasteiger partial charge >= 0.3 is 7.60 Å². The number of hydrogen-bond acceptors (Lipinski definition) is 5. The average molecular weight is 364 g/mol. The Morgan fingerprint density at radius 2 is 1.56 bits per heavy atom. The van der Waals surface area contributed by atoms with Crippen molar-refractivity contribution < 1.29 is 23.1 Å². The second kappa shape index (κ2) is 9.62. The largest absolute Gasteiger partial charge is 0.493 e. The predicted molar refractivity (Wildman–Crippen MR) is 98.3 cm³/mol. The van der Waals surface area contributed by atoms with Crippen molar-refractivity contribution in [1.29, 1.82) is 0 Å². The Morgan fingerprint density at radius 3 is 2.16 bits per heavy atom. The van der Waals surface area contributed by atoms with E-state index >= 15 is 0 Å². The van der Waals surface area contributed by atoms with Gasteiger partial charge in [0.2, 0.25) is 0 Å². The number of benzene rings is 2. The first-order valence-corrected chi connectivity index (χ1v) is 10.0. The summed E-state index contributed by atoms with van der Waals surface area (Å²) in [4.78, 5) is 0. The molecule has 5 nitrogen and oxygen atoms in total. The summed E-state index contributed by atoms with van der Waals surface area (Å²) in [5, 5.41) is 0.